The minimum absolute atomic E-state index is 0. The van der Waals surface area contributed by atoms with Crippen molar-refractivity contribution in [3.05, 3.63) is 50.9 Å². The molecule has 0 aromatic carbocycles. The van der Waals surface area contributed by atoms with Crippen LogP contribution in [-0.2, 0) is 13.1 Å². The summed E-state index contributed by atoms with van der Waals surface area (Å²) in [7, 11) is 9.59. The van der Waals surface area contributed by atoms with E-state index in [2.05, 4.69) is 32.0 Å². The van der Waals surface area contributed by atoms with E-state index in [-0.39, 0.29) is 30.9 Å². The number of halogens is 2. The SMILES string of the molecule is C[C@@H]1[N-]C2CCCCC2[N-]CC[N-][C@@H]2CCCC[C@H]2[N-][C@H](C)c2cccc1n2.[Cl][Mn][Cl].[HH].[HH].[HH].[HH]. The van der Waals surface area contributed by atoms with E-state index in [0.29, 0.717) is 24.2 Å². The van der Waals surface area contributed by atoms with Gasteiger partial charge >= 0.3 is 33.3 Å². The number of hydrogen-bond donors (Lipinski definition) is 0. The normalized spacial score (nSPS) is 34.7. The van der Waals surface area contributed by atoms with E-state index < -0.39 is 0 Å². The van der Waals surface area contributed by atoms with E-state index in [0.717, 1.165) is 37.3 Å². The van der Waals surface area contributed by atoms with Crippen LogP contribution in [0.3, 0.4) is 0 Å². The van der Waals surface area contributed by atoms with Gasteiger partial charge in [0.2, 0.25) is 0 Å². The Morgan fingerprint density at radius 1 is 0.774 bits per heavy atom. The number of pyridine rings is 1. The minimum Gasteiger partial charge on any atom is 0 e. The molecule has 5 nitrogen and oxygen atoms in total. The van der Waals surface area contributed by atoms with Gasteiger partial charge in [-0.2, -0.15) is 37.3 Å². The molecule has 0 saturated heterocycles. The van der Waals surface area contributed by atoms with E-state index in [1.807, 2.05) is 0 Å². The molecule has 2 fully saturated rings. The third kappa shape index (κ3) is 7.82. The molecule has 8 heteroatoms. The molecule has 1 aliphatic heterocycles. The fraction of sp³-hybridized carbons (Fsp3) is 0.783. The summed E-state index contributed by atoms with van der Waals surface area (Å²) in [6.45, 7) is 6.06. The summed E-state index contributed by atoms with van der Waals surface area (Å²) in [6.07, 6.45) is 9.76. The van der Waals surface area contributed by atoms with Crippen LogP contribution in [0, 0.1) is 0 Å². The van der Waals surface area contributed by atoms with Crippen LogP contribution in [0.4, 0.5) is 0 Å². The molecule has 185 valence electrons. The van der Waals surface area contributed by atoms with Crippen molar-refractivity contribution in [1.82, 2.24) is 4.98 Å². The minimum atomic E-state index is 0. The molecule has 1 aromatic heterocycles. The van der Waals surface area contributed by atoms with Gasteiger partial charge < -0.3 is 21.3 Å². The predicted octanol–water partition coefficient (Wildman–Crippen LogP) is 8.69. The molecule has 1 aromatic rings. The molecule has 0 N–H and O–H groups in total. The maximum Gasteiger partial charge on any atom is 0 e. The molecular formula is C23H43Cl2MnN5-4. The first-order chi connectivity index (χ1) is 15.1. The topological polar surface area (TPSA) is 69.3 Å². The van der Waals surface area contributed by atoms with Gasteiger partial charge in [0.25, 0.3) is 0 Å². The summed E-state index contributed by atoms with van der Waals surface area (Å²) in [5, 5.41) is 20.4. The summed E-state index contributed by atoms with van der Waals surface area (Å²) in [4.78, 5) is 4.97. The van der Waals surface area contributed by atoms with Crippen molar-refractivity contribution in [3.8, 4) is 0 Å². The van der Waals surface area contributed by atoms with Crippen LogP contribution >= 0.6 is 20.2 Å². The van der Waals surface area contributed by atoms with Gasteiger partial charge in [0.1, 0.15) is 0 Å². The Hall–Kier alpha value is 0.0895. The van der Waals surface area contributed by atoms with Crippen molar-refractivity contribution < 1.29 is 18.8 Å². The zero-order chi connectivity index (χ0) is 22.1. The Morgan fingerprint density at radius 3 is 1.58 bits per heavy atom. The van der Waals surface area contributed by atoms with Gasteiger partial charge in [-0.25, -0.2) is 0 Å². The Balaban J connectivity index is 0. The first-order valence-electron chi connectivity index (χ1n) is 11.7. The summed E-state index contributed by atoms with van der Waals surface area (Å²) < 4.78 is 0. The van der Waals surface area contributed by atoms with Crippen molar-refractivity contribution in [2.45, 2.75) is 101 Å². The second-order valence-corrected chi connectivity index (χ2v) is 10.8. The van der Waals surface area contributed by atoms with Gasteiger partial charge in [0, 0.05) is 17.1 Å². The molecule has 3 aliphatic rings. The Morgan fingerprint density at radius 2 is 1.16 bits per heavy atom. The molecule has 4 rings (SSSR count). The van der Waals surface area contributed by atoms with Crippen LogP contribution < -0.4 is 0 Å². The Labute approximate surface area is 209 Å². The molecular weight excluding hydrogens is 472 g/mol. The van der Waals surface area contributed by atoms with Crippen LogP contribution in [0.15, 0.2) is 18.2 Å². The number of rotatable bonds is 0. The van der Waals surface area contributed by atoms with Crippen LogP contribution in [0.25, 0.3) is 21.3 Å². The Kier molecular flexibility index (Phi) is 11.4. The fourth-order valence-corrected chi connectivity index (χ4v) is 5.07. The maximum absolute atomic E-state index is 5.16. The molecule has 2 unspecified atom stereocenters. The second-order valence-electron chi connectivity index (χ2n) is 8.84. The average Bonchev–Trinajstić information content (AvgIpc) is 2.79. The molecule has 2 heterocycles. The molecule has 31 heavy (non-hydrogen) atoms. The smallest absolute Gasteiger partial charge is 0 e. The number of nitrogens with zero attached hydrogens (tertiary/aromatic N) is 5. The monoisotopic (exact) mass is 514 g/mol. The standard InChI is InChI=1S/C23H35N5.2ClH.Mn.4H2/c1-16-18-12-7-13-19(28-18)17(2)27-23-11-6-4-9-21(23)25-15-14-24-20-8-3-5-10-22(20)26-16;;;;;;;/h7,12-13,16-17,20-23H,3-6,8-11,14-15H2,1-2H3;2*1H;;4*1H/q-4;;;+2;;;;/p-2/t16-,17+,20-,21?,22-,23?;;;;;;;/m1......./s1. The van der Waals surface area contributed by atoms with Gasteiger partial charge in [-0.3, -0.25) is 4.98 Å². The third-order valence-electron chi connectivity index (χ3n) is 6.69. The third-order valence-corrected chi connectivity index (χ3v) is 6.69. The van der Waals surface area contributed by atoms with Crippen LogP contribution in [0.1, 0.15) is 94.4 Å². The van der Waals surface area contributed by atoms with E-state index in [1.165, 1.54) is 38.5 Å². The van der Waals surface area contributed by atoms with Crippen molar-refractivity contribution in [1.29, 1.82) is 0 Å². The van der Waals surface area contributed by atoms with Crippen molar-refractivity contribution in [2.75, 3.05) is 13.1 Å². The van der Waals surface area contributed by atoms with Gasteiger partial charge in [-0.05, 0) is 12.1 Å². The van der Waals surface area contributed by atoms with Crippen LogP contribution in [-0.4, -0.2) is 42.2 Å². The summed E-state index contributed by atoms with van der Waals surface area (Å²) >= 11 is 0.00694. The first-order valence-corrected chi connectivity index (χ1v) is 14.9. The number of fused-ring (bicyclic) bond motifs is 4. The van der Waals surface area contributed by atoms with E-state index in [4.69, 9.17) is 46.4 Å². The second kappa shape index (κ2) is 13.7. The summed E-state index contributed by atoms with van der Waals surface area (Å²) in [5.74, 6) is 0. The van der Waals surface area contributed by atoms with Gasteiger partial charge in [0.15, 0.2) is 0 Å². The summed E-state index contributed by atoms with van der Waals surface area (Å²) in [6, 6.07) is 8.00. The van der Waals surface area contributed by atoms with Gasteiger partial charge in [0.05, 0.1) is 0 Å². The van der Waals surface area contributed by atoms with Gasteiger partial charge in [-0.1, -0.05) is 83.4 Å². The Bertz CT molecular complexity index is 621. The average molecular weight is 515 g/mol. The molecule has 2 saturated carbocycles. The van der Waals surface area contributed by atoms with Crippen molar-refractivity contribution in [2.24, 2.45) is 0 Å². The molecule has 2 aliphatic carbocycles. The zero-order valence-electron chi connectivity index (χ0n) is 18.6. The van der Waals surface area contributed by atoms with E-state index in [1.54, 1.807) is 0 Å². The first kappa shape index (κ1) is 25.7. The number of aromatic nitrogens is 1. The largest absolute Gasteiger partial charge is 0 e. The predicted molar refractivity (Wildman–Crippen MR) is 136 cm³/mol. The van der Waals surface area contributed by atoms with Crippen LogP contribution in [0.2, 0.25) is 0 Å². The summed E-state index contributed by atoms with van der Waals surface area (Å²) in [5.41, 5.74) is 2.15. The van der Waals surface area contributed by atoms with Crippen LogP contribution in [0.5, 0.6) is 0 Å². The molecule has 0 amide bonds. The zero-order valence-corrected chi connectivity index (χ0v) is 21.3. The van der Waals surface area contributed by atoms with Crippen molar-refractivity contribution >= 4 is 20.2 Å². The molecule has 0 radical (unpaired) electrons. The molecule has 2 bridgehead atoms. The van der Waals surface area contributed by atoms with E-state index in [9.17, 15) is 0 Å². The van der Waals surface area contributed by atoms with Gasteiger partial charge in [-0.15, -0.1) is 0 Å². The van der Waals surface area contributed by atoms with E-state index >= 15 is 0 Å². The molecule has 6 atom stereocenters. The quantitative estimate of drug-likeness (QED) is 0.319. The fourth-order valence-electron chi connectivity index (χ4n) is 5.07. The maximum atomic E-state index is 5.16. The number of hydrogen-bond acceptors (Lipinski definition) is 1. The molecule has 0 spiro atoms. The van der Waals surface area contributed by atoms with Crippen molar-refractivity contribution in [3.63, 3.8) is 0 Å².